The normalized spacial score (nSPS) is 14.4. The molecular formula is C48H62N10O11S2. The highest BCUT2D eigenvalue weighted by Gasteiger charge is 2.34. The zero-order valence-corrected chi connectivity index (χ0v) is 41.1. The number of rotatable bonds is 28. The maximum atomic E-state index is 14.2. The van der Waals surface area contributed by atoms with Crippen molar-refractivity contribution in [3.63, 3.8) is 0 Å². The minimum Gasteiger partial charge on any atom is -0.480 e. The molecule has 1 heterocycles. The van der Waals surface area contributed by atoms with Crippen LogP contribution >= 0.6 is 24.4 Å². The molecule has 1 aromatic heterocycles. The fourth-order valence-corrected chi connectivity index (χ4v) is 7.83. The van der Waals surface area contributed by atoms with Gasteiger partial charge in [0.2, 0.25) is 47.3 Å². The van der Waals surface area contributed by atoms with Gasteiger partial charge >= 0.3 is 5.97 Å². The van der Waals surface area contributed by atoms with Crippen LogP contribution in [-0.4, -0.2) is 148 Å². The van der Waals surface area contributed by atoms with E-state index in [1.54, 1.807) is 91.1 Å². The number of para-hydroxylation sites is 1. The highest BCUT2D eigenvalue weighted by molar-refractivity contribution is 7.98. The third-order valence-corrected chi connectivity index (χ3v) is 12.0. The molecule has 3 aromatic carbocycles. The van der Waals surface area contributed by atoms with Gasteiger partial charge in [0, 0.05) is 42.1 Å². The number of thiol groups is 1. The first-order chi connectivity index (χ1) is 33.9. The first-order valence-electron chi connectivity index (χ1n) is 22.6. The molecule has 8 amide bonds. The fourth-order valence-electron chi connectivity index (χ4n) is 7.09. The van der Waals surface area contributed by atoms with E-state index in [1.807, 2.05) is 6.26 Å². The summed E-state index contributed by atoms with van der Waals surface area (Å²) in [5, 5.41) is 41.0. The Labute approximate surface area is 420 Å². The first-order valence-corrected chi connectivity index (χ1v) is 24.7. The maximum Gasteiger partial charge on any atom is 0.326 e. The minimum atomic E-state index is -1.70. The zero-order chi connectivity index (χ0) is 52.0. The number of carboxylic acid groups (broad SMARTS) is 1. The second kappa shape index (κ2) is 28.6. The molecular weight excluding hydrogens is 957 g/mol. The van der Waals surface area contributed by atoms with Crippen LogP contribution in [0.2, 0.25) is 0 Å². The van der Waals surface area contributed by atoms with Gasteiger partial charge in [-0.2, -0.15) is 24.4 Å². The number of carbonyl (C=O) groups is 9. The molecule has 0 radical (unpaired) electrons. The van der Waals surface area contributed by atoms with Crippen molar-refractivity contribution in [2.45, 2.75) is 87.9 Å². The number of aliphatic carboxylic acids is 1. The lowest BCUT2D eigenvalue weighted by Gasteiger charge is -2.27. The van der Waals surface area contributed by atoms with Crippen molar-refractivity contribution in [3.05, 3.63) is 108 Å². The number of hydrogen-bond acceptors (Lipinski definition) is 13. The summed E-state index contributed by atoms with van der Waals surface area (Å²) in [4.78, 5) is 122. The molecule has 0 saturated carbocycles. The predicted molar refractivity (Wildman–Crippen MR) is 270 cm³/mol. The van der Waals surface area contributed by atoms with Crippen molar-refractivity contribution < 1.29 is 53.4 Å². The zero-order valence-electron chi connectivity index (χ0n) is 39.4. The largest absolute Gasteiger partial charge is 0.480 e. The van der Waals surface area contributed by atoms with Crippen molar-refractivity contribution >= 4 is 88.5 Å². The Bertz CT molecular complexity index is 2460. The Balaban J connectivity index is 1.45. The molecule has 13 N–H and O–H groups in total. The summed E-state index contributed by atoms with van der Waals surface area (Å²) in [5.41, 5.74) is 8.56. The number of benzene rings is 3. The van der Waals surface area contributed by atoms with Gasteiger partial charge in [0.25, 0.3) is 0 Å². The van der Waals surface area contributed by atoms with E-state index in [1.165, 1.54) is 25.6 Å². The molecule has 0 fully saturated rings. The summed E-state index contributed by atoms with van der Waals surface area (Å²) in [5.74, 6) is -7.43. The van der Waals surface area contributed by atoms with Crippen LogP contribution in [0.25, 0.3) is 10.9 Å². The van der Waals surface area contributed by atoms with Crippen LogP contribution in [0.1, 0.15) is 37.0 Å². The van der Waals surface area contributed by atoms with Crippen molar-refractivity contribution in [1.82, 2.24) is 47.5 Å². The number of fused-ring (bicyclic) bond motifs is 1. The standard InChI is InChI=1S/C48H62N10O11S2/c1-27(53-45(65)35(20-29-12-6-4-7-13-29)54-39(60)24-51-43(63)33(49)18-19-71-3)42(62)56-36(22-31-23-50-34-17-11-10-16-32(31)34)46(66)58-41(28(2)59)47(67)57-38(26-70)44(64)52-25-40(61)55-37(48(68)69)21-30-14-8-5-9-15-30/h4-17,23,27-28,33,35-38,41,50,59,70H,18-22,24-26,49H2,1-3H3,(H,51,63)(H,52,64)(H,53,65)(H,54,60)(H,55,61)(H,56,62)(H,57,67)(H,58,66)(H,68,69)/t27-,28+,33-,35-,36-,37-,38-,41-/m0/s1. The summed E-state index contributed by atoms with van der Waals surface area (Å²) in [6, 6.07) is 15.3. The van der Waals surface area contributed by atoms with Gasteiger partial charge in [-0.25, -0.2) is 4.79 Å². The quantitative estimate of drug-likeness (QED) is 0.0299. The van der Waals surface area contributed by atoms with Crippen LogP contribution in [0.15, 0.2) is 91.1 Å². The summed E-state index contributed by atoms with van der Waals surface area (Å²) < 4.78 is 0. The highest BCUT2D eigenvalue weighted by atomic mass is 32.2. The van der Waals surface area contributed by atoms with Gasteiger partial charge in [0.1, 0.15) is 36.3 Å². The smallest absolute Gasteiger partial charge is 0.326 e. The van der Waals surface area contributed by atoms with Crippen LogP contribution < -0.4 is 48.3 Å². The van der Waals surface area contributed by atoms with Crippen LogP contribution in [0.5, 0.6) is 0 Å². The molecule has 0 aliphatic rings. The number of aliphatic hydroxyl groups excluding tert-OH is 1. The molecule has 21 nitrogen and oxygen atoms in total. The third kappa shape index (κ3) is 18.4. The van der Waals surface area contributed by atoms with Crippen LogP contribution in [0.4, 0.5) is 0 Å². The van der Waals surface area contributed by atoms with Gasteiger partial charge in [-0.1, -0.05) is 78.9 Å². The Kier molecular flexibility index (Phi) is 22.9. The van der Waals surface area contributed by atoms with Gasteiger partial charge in [0.15, 0.2) is 0 Å². The number of carboxylic acids is 1. The number of nitrogens with two attached hydrogens (primary N) is 1. The van der Waals surface area contributed by atoms with Crippen LogP contribution in [-0.2, 0) is 62.4 Å². The van der Waals surface area contributed by atoms with E-state index in [0.717, 1.165) is 5.52 Å². The number of aromatic amines is 1. The second-order valence-electron chi connectivity index (χ2n) is 16.6. The summed E-state index contributed by atoms with van der Waals surface area (Å²) in [6.45, 7) is 1.45. The number of aliphatic hydroxyl groups is 1. The van der Waals surface area contributed by atoms with E-state index in [2.05, 4.69) is 60.1 Å². The average molecular weight is 1020 g/mol. The predicted octanol–water partition coefficient (Wildman–Crippen LogP) is -1.17. The van der Waals surface area contributed by atoms with Crippen LogP contribution in [0, 0.1) is 0 Å². The molecule has 0 spiro atoms. The summed E-state index contributed by atoms with van der Waals surface area (Å²) >= 11 is 5.67. The van der Waals surface area contributed by atoms with Gasteiger partial charge in [-0.15, -0.1) is 0 Å². The SMILES string of the molecule is CSCC[C@H](N)C(=O)NCC(=O)N[C@@H](Cc1ccccc1)C(=O)N[C@@H](C)C(=O)N[C@@H](Cc1c[nH]c2ccccc12)C(=O)N[C@H](C(=O)N[C@@H](CS)C(=O)NCC(=O)N[C@@H](Cc1ccccc1)C(=O)O)[C@@H](C)O. The molecule has 0 bridgehead atoms. The fraction of sp³-hybridized carbons (Fsp3) is 0.396. The number of nitrogens with one attached hydrogen (secondary N) is 9. The number of thioether (sulfide) groups is 1. The number of aromatic nitrogens is 1. The van der Waals surface area contributed by atoms with Gasteiger partial charge < -0.3 is 63.5 Å². The molecule has 4 rings (SSSR count). The van der Waals surface area contributed by atoms with E-state index in [4.69, 9.17) is 5.73 Å². The molecule has 23 heteroatoms. The number of H-pyrrole nitrogens is 1. The van der Waals surface area contributed by atoms with E-state index >= 15 is 0 Å². The van der Waals surface area contributed by atoms with Crippen molar-refractivity contribution in [1.29, 1.82) is 0 Å². The average Bonchev–Trinajstić information content (AvgIpc) is 3.76. The Morgan fingerprint density at radius 2 is 1.14 bits per heavy atom. The Morgan fingerprint density at radius 1 is 0.620 bits per heavy atom. The second-order valence-corrected chi connectivity index (χ2v) is 18.0. The summed E-state index contributed by atoms with van der Waals surface area (Å²) in [7, 11) is 0. The number of amides is 8. The number of hydrogen-bond donors (Lipinski definition) is 13. The Morgan fingerprint density at radius 3 is 1.72 bits per heavy atom. The monoisotopic (exact) mass is 1020 g/mol. The molecule has 71 heavy (non-hydrogen) atoms. The van der Waals surface area contributed by atoms with Gasteiger partial charge in [-0.3, -0.25) is 38.4 Å². The lowest BCUT2D eigenvalue weighted by Crippen LogP contribution is -2.61. The van der Waals surface area contributed by atoms with E-state index in [-0.39, 0.29) is 25.0 Å². The molecule has 0 unspecified atom stereocenters. The molecule has 0 aliphatic carbocycles. The molecule has 8 atom stereocenters. The lowest BCUT2D eigenvalue weighted by atomic mass is 10.0. The molecule has 4 aromatic rings. The Hall–Kier alpha value is -6.95. The van der Waals surface area contributed by atoms with E-state index < -0.39 is 115 Å². The number of carbonyl (C=O) groups excluding carboxylic acids is 8. The molecule has 382 valence electrons. The lowest BCUT2D eigenvalue weighted by molar-refractivity contribution is -0.141. The maximum absolute atomic E-state index is 14.2. The molecule has 0 aliphatic heterocycles. The van der Waals surface area contributed by atoms with Gasteiger partial charge in [0.05, 0.1) is 25.2 Å². The highest BCUT2D eigenvalue weighted by Crippen LogP contribution is 2.19. The van der Waals surface area contributed by atoms with Crippen LogP contribution in [0.3, 0.4) is 0 Å². The minimum absolute atomic E-state index is 0.00972. The van der Waals surface area contributed by atoms with Crippen molar-refractivity contribution in [2.24, 2.45) is 5.73 Å². The van der Waals surface area contributed by atoms with Gasteiger partial charge in [-0.05, 0) is 55.0 Å². The van der Waals surface area contributed by atoms with E-state index in [9.17, 15) is 53.4 Å². The third-order valence-electron chi connectivity index (χ3n) is 11.0. The van der Waals surface area contributed by atoms with E-state index in [0.29, 0.717) is 34.3 Å². The topological polar surface area (TPSA) is 332 Å². The van der Waals surface area contributed by atoms with Crippen molar-refractivity contribution in [3.8, 4) is 0 Å². The van der Waals surface area contributed by atoms with Crippen molar-refractivity contribution in [2.75, 3.05) is 30.9 Å². The first kappa shape index (κ1) is 56.6. The molecule has 0 saturated heterocycles. The summed E-state index contributed by atoms with van der Waals surface area (Å²) in [6.07, 6.45) is 2.19.